The van der Waals surface area contributed by atoms with Gasteiger partial charge in [0, 0.05) is 0 Å². The van der Waals surface area contributed by atoms with E-state index in [0.29, 0.717) is 0 Å². The second-order valence-electron chi connectivity index (χ2n) is 3.44. The monoisotopic (exact) mass is 193 g/mol. The Hall–Kier alpha value is -1.02. The lowest BCUT2D eigenvalue weighted by atomic mass is 10.1. The summed E-state index contributed by atoms with van der Waals surface area (Å²) in [4.78, 5) is 0. The summed E-state index contributed by atoms with van der Waals surface area (Å²) in [5.74, 6) is 1.01. The molecule has 0 bridgehead atoms. The van der Waals surface area contributed by atoms with Gasteiger partial charge in [-0.1, -0.05) is 17.7 Å². The molecule has 0 amide bonds. The molecule has 0 saturated heterocycles. The Labute approximate surface area is 86.1 Å². The molecule has 1 rings (SSSR count). The standard InChI is InChI=1S/C12H19NO/c1-3-14-12-7-6-10(2)9-11(12)5-4-8-13/h6-7,9H,3-5,8,13H2,1-2H3. The van der Waals surface area contributed by atoms with Crippen molar-refractivity contribution in [2.75, 3.05) is 13.2 Å². The van der Waals surface area contributed by atoms with Crippen LogP contribution in [0.1, 0.15) is 24.5 Å². The molecule has 2 nitrogen and oxygen atoms in total. The van der Waals surface area contributed by atoms with Crippen LogP contribution in [-0.2, 0) is 6.42 Å². The molecule has 0 saturated carbocycles. The van der Waals surface area contributed by atoms with Crippen LogP contribution < -0.4 is 10.5 Å². The summed E-state index contributed by atoms with van der Waals surface area (Å²) in [6.45, 7) is 5.56. The van der Waals surface area contributed by atoms with E-state index in [1.165, 1.54) is 11.1 Å². The maximum absolute atomic E-state index is 5.55. The molecule has 0 aliphatic carbocycles. The minimum Gasteiger partial charge on any atom is -0.494 e. The van der Waals surface area contributed by atoms with Crippen molar-refractivity contribution in [1.82, 2.24) is 0 Å². The van der Waals surface area contributed by atoms with E-state index < -0.39 is 0 Å². The average molecular weight is 193 g/mol. The maximum atomic E-state index is 5.55. The first kappa shape index (κ1) is 11.1. The molecule has 14 heavy (non-hydrogen) atoms. The van der Waals surface area contributed by atoms with E-state index in [-0.39, 0.29) is 0 Å². The molecule has 2 heteroatoms. The quantitative estimate of drug-likeness (QED) is 0.778. The summed E-state index contributed by atoms with van der Waals surface area (Å²) in [6, 6.07) is 6.31. The third-order valence-electron chi connectivity index (χ3n) is 2.17. The van der Waals surface area contributed by atoms with Gasteiger partial charge in [-0.05, 0) is 44.9 Å². The zero-order chi connectivity index (χ0) is 10.4. The summed E-state index contributed by atoms with van der Waals surface area (Å²) >= 11 is 0. The van der Waals surface area contributed by atoms with E-state index >= 15 is 0 Å². The zero-order valence-corrected chi connectivity index (χ0v) is 9.05. The fourth-order valence-corrected chi connectivity index (χ4v) is 1.49. The van der Waals surface area contributed by atoms with E-state index in [2.05, 4.69) is 19.1 Å². The van der Waals surface area contributed by atoms with Gasteiger partial charge in [0.05, 0.1) is 6.61 Å². The third-order valence-corrected chi connectivity index (χ3v) is 2.17. The van der Waals surface area contributed by atoms with Crippen molar-refractivity contribution in [3.8, 4) is 5.75 Å². The lowest BCUT2D eigenvalue weighted by Gasteiger charge is -2.10. The minimum absolute atomic E-state index is 0.721. The van der Waals surface area contributed by atoms with Crippen molar-refractivity contribution in [2.24, 2.45) is 5.73 Å². The normalized spacial score (nSPS) is 10.2. The number of rotatable bonds is 5. The van der Waals surface area contributed by atoms with E-state index in [1.54, 1.807) is 0 Å². The van der Waals surface area contributed by atoms with Crippen LogP contribution in [0.25, 0.3) is 0 Å². The first-order valence-electron chi connectivity index (χ1n) is 5.20. The second-order valence-corrected chi connectivity index (χ2v) is 3.44. The van der Waals surface area contributed by atoms with Gasteiger partial charge in [-0.25, -0.2) is 0 Å². The van der Waals surface area contributed by atoms with Crippen molar-refractivity contribution in [1.29, 1.82) is 0 Å². The summed E-state index contributed by atoms with van der Waals surface area (Å²) < 4.78 is 5.55. The molecular weight excluding hydrogens is 174 g/mol. The van der Waals surface area contributed by atoms with Gasteiger partial charge in [0.1, 0.15) is 5.75 Å². The van der Waals surface area contributed by atoms with Crippen LogP contribution in [0.4, 0.5) is 0 Å². The smallest absolute Gasteiger partial charge is 0.122 e. The van der Waals surface area contributed by atoms with Gasteiger partial charge in [0.15, 0.2) is 0 Å². The third kappa shape index (κ3) is 3.04. The Balaban J connectivity index is 2.79. The summed E-state index contributed by atoms with van der Waals surface area (Å²) in [5, 5.41) is 0. The van der Waals surface area contributed by atoms with Crippen molar-refractivity contribution in [3.05, 3.63) is 29.3 Å². The van der Waals surface area contributed by atoms with Crippen molar-refractivity contribution in [3.63, 3.8) is 0 Å². The average Bonchev–Trinajstić information content (AvgIpc) is 2.18. The van der Waals surface area contributed by atoms with Crippen LogP contribution in [0.15, 0.2) is 18.2 Å². The summed E-state index contributed by atoms with van der Waals surface area (Å²) in [5.41, 5.74) is 8.05. The van der Waals surface area contributed by atoms with Crippen LogP contribution >= 0.6 is 0 Å². The number of benzene rings is 1. The highest BCUT2D eigenvalue weighted by Crippen LogP contribution is 2.21. The molecule has 1 aromatic carbocycles. The SMILES string of the molecule is CCOc1ccc(C)cc1CCCN. The van der Waals surface area contributed by atoms with Crippen LogP contribution in [0, 0.1) is 6.92 Å². The van der Waals surface area contributed by atoms with Gasteiger partial charge in [-0.3, -0.25) is 0 Å². The Morgan fingerprint density at radius 2 is 2.14 bits per heavy atom. The molecule has 0 heterocycles. The van der Waals surface area contributed by atoms with E-state index in [0.717, 1.165) is 31.7 Å². The number of hydrogen-bond acceptors (Lipinski definition) is 2. The predicted molar refractivity (Wildman–Crippen MR) is 59.7 cm³/mol. The maximum Gasteiger partial charge on any atom is 0.122 e. The Morgan fingerprint density at radius 3 is 2.79 bits per heavy atom. The lowest BCUT2D eigenvalue weighted by Crippen LogP contribution is -2.02. The van der Waals surface area contributed by atoms with Crippen LogP contribution in [0.3, 0.4) is 0 Å². The van der Waals surface area contributed by atoms with E-state index in [4.69, 9.17) is 10.5 Å². The Bertz CT molecular complexity index is 284. The predicted octanol–water partition coefficient (Wildman–Crippen LogP) is 2.29. The first-order valence-corrected chi connectivity index (χ1v) is 5.20. The number of ether oxygens (including phenoxy) is 1. The minimum atomic E-state index is 0.721. The zero-order valence-electron chi connectivity index (χ0n) is 9.05. The summed E-state index contributed by atoms with van der Waals surface area (Å²) in [7, 11) is 0. The van der Waals surface area contributed by atoms with Gasteiger partial charge in [-0.2, -0.15) is 0 Å². The molecule has 0 radical (unpaired) electrons. The van der Waals surface area contributed by atoms with Crippen LogP contribution in [0.5, 0.6) is 5.75 Å². The highest BCUT2D eigenvalue weighted by Gasteiger charge is 2.02. The van der Waals surface area contributed by atoms with Gasteiger partial charge >= 0.3 is 0 Å². The summed E-state index contributed by atoms with van der Waals surface area (Å²) in [6.07, 6.45) is 2.02. The van der Waals surface area contributed by atoms with E-state index in [9.17, 15) is 0 Å². The number of nitrogens with two attached hydrogens (primary N) is 1. The topological polar surface area (TPSA) is 35.2 Å². The first-order chi connectivity index (χ1) is 6.77. The molecule has 0 aliphatic heterocycles. The number of hydrogen-bond donors (Lipinski definition) is 1. The van der Waals surface area contributed by atoms with Crippen LogP contribution in [-0.4, -0.2) is 13.2 Å². The molecular formula is C12H19NO. The molecule has 78 valence electrons. The molecule has 2 N–H and O–H groups in total. The molecule has 0 atom stereocenters. The van der Waals surface area contributed by atoms with Gasteiger partial charge in [-0.15, -0.1) is 0 Å². The van der Waals surface area contributed by atoms with Crippen molar-refractivity contribution >= 4 is 0 Å². The second kappa shape index (κ2) is 5.66. The molecule has 0 spiro atoms. The number of aryl methyl sites for hydroxylation is 2. The molecule has 0 unspecified atom stereocenters. The van der Waals surface area contributed by atoms with E-state index in [1.807, 2.05) is 13.0 Å². The Kier molecular flexibility index (Phi) is 4.47. The molecule has 0 fully saturated rings. The van der Waals surface area contributed by atoms with Crippen molar-refractivity contribution in [2.45, 2.75) is 26.7 Å². The van der Waals surface area contributed by atoms with Gasteiger partial charge < -0.3 is 10.5 Å². The lowest BCUT2D eigenvalue weighted by molar-refractivity contribution is 0.336. The highest BCUT2D eigenvalue weighted by molar-refractivity contribution is 5.37. The fraction of sp³-hybridized carbons (Fsp3) is 0.500. The molecule has 0 aliphatic rings. The molecule has 0 aromatic heterocycles. The van der Waals surface area contributed by atoms with Gasteiger partial charge in [0.2, 0.25) is 0 Å². The fourth-order valence-electron chi connectivity index (χ4n) is 1.49. The largest absolute Gasteiger partial charge is 0.494 e. The highest BCUT2D eigenvalue weighted by atomic mass is 16.5. The van der Waals surface area contributed by atoms with Crippen LogP contribution in [0.2, 0.25) is 0 Å². The van der Waals surface area contributed by atoms with Gasteiger partial charge in [0.25, 0.3) is 0 Å². The van der Waals surface area contributed by atoms with Crippen molar-refractivity contribution < 1.29 is 4.74 Å². The Morgan fingerprint density at radius 1 is 1.36 bits per heavy atom. The molecule has 1 aromatic rings.